The highest BCUT2D eigenvalue weighted by Gasteiger charge is 2.22. The van der Waals surface area contributed by atoms with Crippen molar-refractivity contribution < 1.29 is 14.5 Å². The van der Waals surface area contributed by atoms with E-state index in [4.69, 9.17) is 4.74 Å². The molecule has 2 aromatic carbocycles. The summed E-state index contributed by atoms with van der Waals surface area (Å²) in [6.45, 7) is 4.54. The highest BCUT2D eigenvalue weighted by molar-refractivity contribution is 5.94. The van der Waals surface area contributed by atoms with Gasteiger partial charge >= 0.3 is 0 Å². The van der Waals surface area contributed by atoms with E-state index in [-0.39, 0.29) is 11.6 Å². The summed E-state index contributed by atoms with van der Waals surface area (Å²) < 4.78 is 5.67. The first-order valence-electron chi connectivity index (χ1n) is 7.56. The molecule has 1 amide bonds. The SMILES string of the molecule is CC(C)(COCc1ccccc1)NC(=O)c1ccc([N+](=O)[O-])cc1. The van der Waals surface area contributed by atoms with Crippen LogP contribution in [0.4, 0.5) is 5.69 Å². The molecule has 0 atom stereocenters. The van der Waals surface area contributed by atoms with Crippen molar-refractivity contribution in [2.45, 2.75) is 26.0 Å². The van der Waals surface area contributed by atoms with Gasteiger partial charge in [-0.3, -0.25) is 14.9 Å². The Morgan fingerprint density at radius 1 is 1.12 bits per heavy atom. The Bertz CT molecular complexity index is 697. The molecule has 0 heterocycles. The summed E-state index contributed by atoms with van der Waals surface area (Å²) in [5, 5.41) is 13.5. The van der Waals surface area contributed by atoms with Crippen LogP contribution in [-0.4, -0.2) is 23.0 Å². The lowest BCUT2D eigenvalue weighted by molar-refractivity contribution is -0.384. The molecule has 0 saturated heterocycles. The van der Waals surface area contributed by atoms with Crippen LogP contribution in [0.25, 0.3) is 0 Å². The first-order valence-corrected chi connectivity index (χ1v) is 7.56. The minimum absolute atomic E-state index is 0.0444. The third-order valence-corrected chi connectivity index (χ3v) is 3.37. The molecule has 24 heavy (non-hydrogen) atoms. The molecule has 6 nitrogen and oxygen atoms in total. The van der Waals surface area contributed by atoms with Crippen LogP contribution in [0.15, 0.2) is 54.6 Å². The Balaban J connectivity index is 1.88. The number of amides is 1. The van der Waals surface area contributed by atoms with Crippen LogP contribution >= 0.6 is 0 Å². The van der Waals surface area contributed by atoms with E-state index in [9.17, 15) is 14.9 Å². The molecule has 0 aliphatic rings. The summed E-state index contributed by atoms with van der Waals surface area (Å²) in [4.78, 5) is 22.4. The highest BCUT2D eigenvalue weighted by Crippen LogP contribution is 2.13. The minimum atomic E-state index is -0.562. The summed E-state index contributed by atoms with van der Waals surface area (Å²) in [7, 11) is 0. The smallest absolute Gasteiger partial charge is 0.269 e. The van der Waals surface area contributed by atoms with Crippen molar-refractivity contribution in [3.05, 3.63) is 75.8 Å². The molecule has 0 unspecified atom stereocenters. The Morgan fingerprint density at radius 2 is 1.75 bits per heavy atom. The number of nitro groups is 1. The quantitative estimate of drug-likeness (QED) is 0.624. The average molecular weight is 328 g/mol. The predicted molar refractivity (Wildman–Crippen MR) is 90.7 cm³/mol. The van der Waals surface area contributed by atoms with E-state index in [0.29, 0.717) is 18.8 Å². The molecule has 2 aromatic rings. The van der Waals surface area contributed by atoms with E-state index < -0.39 is 10.5 Å². The van der Waals surface area contributed by atoms with Crippen LogP contribution in [-0.2, 0) is 11.3 Å². The molecular weight excluding hydrogens is 308 g/mol. The summed E-state index contributed by atoms with van der Waals surface area (Å²) in [6, 6.07) is 15.3. The van der Waals surface area contributed by atoms with Crippen LogP contribution in [0.1, 0.15) is 29.8 Å². The molecule has 0 aliphatic carbocycles. The molecule has 126 valence electrons. The van der Waals surface area contributed by atoms with Gasteiger partial charge in [-0.2, -0.15) is 0 Å². The lowest BCUT2D eigenvalue weighted by atomic mass is 10.1. The number of carbonyl (C=O) groups is 1. The van der Waals surface area contributed by atoms with Crippen molar-refractivity contribution in [2.24, 2.45) is 0 Å². The van der Waals surface area contributed by atoms with Crippen molar-refractivity contribution in [3.8, 4) is 0 Å². The maximum atomic E-state index is 12.2. The Morgan fingerprint density at radius 3 is 2.33 bits per heavy atom. The summed E-state index contributed by atoms with van der Waals surface area (Å²) in [6.07, 6.45) is 0. The minimum Gasteiger partial charge on any atom is -0.374 e. The van der Waals surface area contributed by atoms with Gasteiger partial charge in [-0.15, -0.1) is 0 Å². The zero-order valence-corrected chi connectivity index (χ0v) is 13.7. The number of hydrogen-bond donors (Lipinski definition) is 1. The third kappa shape index (κ3) is 5.17. The Kier molecular flexibility index (Phi) is 5.65. The average Bonchev–Trinajstić information content (AvgIpc) is 2.55. The molecule has 2 rings (SSSR count). The molecule has 6 heteroatoms. The molecule has 0 saturated carbocycles. The monoisotopic (exact) mass is 328 g/mol. The molecule has 0 aromatic heterocycles. The number of rotatable bonds is 7. The lowest BCUT2D eigenvalue weighted by Crippen LogP contribution is -2.47. The molecule has 0 aliphatic heterocycles. The molecule has 0 bridgehead atoms. The summed E-state index contributed by atoms with van der Waals surface area (Å²) >= 11 is 0. The van der Waals surface area contributed by atoms with Crippen LogP contribution < -0.4 is 5.32 Å². The number of benzene rings is 2. The van der Waals surface area contributed by atoms with Crippen molar-refractivity contribution in [1.29, 1.82) is 0 Å². The fourth-order valence-electron chi connectivity index (χ4n) is 2.15. The maximum Gasteiger partial charge on any atom is 0.269 e. The molecule has 0 spiro atoms. The number of carbonyl (C=O) groups excluding carboxylic acids is 1. The van der Waals surface area contributed by atoms with E-state index in [1.165, 1.54) is 24.3 Å². The fraction of sp³-hybridized carbons (Fsp3) is 0.278. The van der Waals surface area contributed by atoms with Gasteiger partial charge in [-0.1, -0.05) is 30.3 Å². The zero-order valence-electron chi connectivity index (χ0n) is 13.7. The Labute approximate surface area is 140 Å². The van der Waals surface area contributed by atoms with E-state index in [1.807, 2.05) is 44.2 Å². The maximum absolute atomic E-state index is 12.2. The van der Waals surface area contributed by atoms with Gasteiger partial charge in [-0.05, 0) is 31.5 Å². The van der Waals surface area contributed by atoms with E-state index >= 15 is 0 Å². The van der Waals surface area contributed by atoms with Gasteiger partial charge < -0.3 is 10.1 Å². The zero-order chi connectivity index (χ0) is 17.6. The molecule has 1 N–H and O–H groups in total. The second-order valence-electron chi connectivity index (χ2n) is 6.12. The van der Waals surface area contributed by atoms with Crippen LogP contribution in [0.5, 0.6) is 0 Å². The van der Waals surface area contributed by atoms with E-state index in [1.54, 1.807) is 0 Å². The molecule has 0 fully saturated rings. The second kappa shape index (κ2) is 7.70. The van der Waals surface area contributed by atoms with Gasteiger partial charge in [0.2, 0.25) is 0 Å². The summed E-state index contributed by atoms with van der Waals surface area (Å²) in [5.74, 6) is -0.293. The number of hydrogen-bond acceptors (Lipinski definition) is 4. The fourth-order valence-corrected chi connectivity index (χ4v) is 2.15. The lowest BCUT2D eigenvalue weighted by Gasteiger charge is -2.26. The van der Waals surface area contributed by atoms with Gasteiger partial charge in [0.15, 0.2) is 0 Å². The summed E-state index contributed by atoms with van der Waals surface area (Å²) in [5.41, 5.74) is 0.830. The Hall–Kier alpha value is -2.73. The van der Waals surface area contributed by atoms with Gasteiger partial charge in [0.1, 0.15) is 0 Å². The van der Waals surface area contributed by atoms with Crippen LogP contribution in [0.2, 0.25) is 0 Å². The van der Waals surface area contributed by atoms with Gasteiger partial charge in [-0.25, -0.2) is 0 Å². The van der Waals surface area contributed by atoms with Crippen LogP contribution in [0, 0.1) is 10.1 Å². The highest BCUT2D eigenvalue weighted by atomic mass is 16.6. The normalized spacial score (nSPS) is 11.1. The predicted octanol–water partition coefficient (Wildman–Crippen LogP) is 3.32. The van der Waals surface area contributed by atoms with Gasteiger partial charge in [0, 0.05) is 17.7 Å². The number of nitro benzene ring substituents is 1. The number of nitrogens with one attached hydrogen (secondary N) is 1. The van der Waals surface area contributed by atoms with E-state index in [2.05, 4.69) is 5.32 Å². The molecule has 0 radical (unpaired) electrons. The number of ether oxygens (including phenoxy) is 1. The van der Waals surface area contributed by atoms with Crippen molar-refractivity contribution in [1.82, 2.24) is 5.32 Å². The van der Waals surface area contributed by atoms with Crippen molar-refractivity contribution in [2.75, 3.05) is 6.61 Å². The van der Waals surface area contributed by atoms with Gasteiger partial charge in [0.25, 0.3) is 11.6 Å². The van der Waals surface area contributed by atoms with Crippen molar-refractivity contribution >= 4 is 11.6 Å². The number of nitrogens with zero attached hydrogens (tertiary/aromatic N) is 1. The standard InChI is InChI=1S/C18H20N2O4/c1-18(2,13-24-12-14-6-4-3-5-7-14)19-17(21)15-8-10-16(11-9-15)20(22)23/h3-11H,12-13H2,1-2H3,(H,19,21). The topological polar surface area (TPSA) is 81.5 Å². The number of non-ortho nitro benzene ring substituents is 1. The second-order valence-corrected chi connectivity index (χ2v) is 6.12. The molecular formula is C18H20N2O4. The van der Waals surface area contributed by atoms with Crippen molar-refractivity contribution in [3.63, 3.8) is 0 Å². The van der Waals surface area contributed by atoms with E-state index in [0.717, 1.165) is 5.56 Å². The third-order valence-electron chi connectivity index (χ3n) is 3.37. The van der Waals surface area contributed by atoms with Crippen LogP contribution in [0.3, 0.4) is 0 Å². The largest absolute Gasteiger partial charge is 0.374 e. The van der Waals surface area contributed by atoms with Gasteiger partial charge in [0.05, 0.1) is 23.7 Å². The first kappa shape index (κ1) is 17.6. The first-order chi connectivity index (χ1) is 11.4.